The average Bonchev–Trinajstić information content (AvgIpc) is 3.14. The predicted molar refractivity (Wildman–Crippen MR) is 128 cm³/mol. The molecular formula is C25H20N4O2S. The number of nitrogens with zero attached hydrogens (tertiary/aromatic N) is 3. The van der Waals surface area contributed by atoms with Crippen LogP contribution in [0.5, 0.6) is 0 Å². The van der Waals surface area contributed by atoms with Gasteiger partial charge in [-0.15, -0.1) is 0 Å². The van der Waals surface area contributed by atoms with Crippen molar-refractivity contribution in [3.8, 4) is 5.82 Å². The van der Waals surface area contributed by atoms with Gasteiger partial charge in [-0.05, 0) is 43.7 Å². The van der Waals surface area contributed by atoms with Crippen molar-refractivity contribution in [3.63, 3.8) is 0 Å². The van der Waals surface area contributed by atoms with Crippen molar-refractivity contribution in [2.24, 2.45) is 0 Å². The second-order valence-corrected chi connectivity index (χ2v) is 8.57. The number of Topliss-reactive ketones (excluding diaryl/α,β-unsaturated/α-hetero) is 1. The number of hydrogen-bond donors (Lipinski definition) is 1. The first-order chi connectivity index (χ1) is 15.5. The van der Waals surface area contributed by atoms with Gasteiger partial charge < -0.3 is 4.98 Å². The minimum absolute atomic E-state index is 0.0178. The van der Waals surface area contributed by atoms with Gasteiger partial charge in [-0.1, -0.05) is 48.2 Å². The molecule has 0 aliphatic heterocycles. The van der Waals surface area contributed by atoms with E-state index in [9.17, 15) is 9.59 Å². The van der Waals surface area contributed by atoms with Gasteiger partial charge in [-0.2, -0.15) is 0 Å². The van der Waals surface area contributed by atoms with E-state index in [4.69, 9.17) is 4.98 Å². The highest BCUT2D eigenvalue weighted by Crippen LogP contribution is 2.26. The van der Waals surface area contributed by atoms with Crippen molar-refractivity contribution >= 4 is 39.4 Å². The van der Waals surface area contributed by atoms with Crippen molar-refractivity contribution in [2.45, 2.75) is 19.0 Å². The molecule has 0 aliphatic rings. The van der Waals surface area contributed by atoms with Crippen LogP contribution in [0.15, 0.2) is 76.8 Å². The first-order valence-corrected chi connectivity index (χ1v) is 11.2. The Morgan fingerprint density at radius 3 is 2.53 bits per heavy atom. The van der Waals surface area contributed by atoms with E-state index >= 15 is 0 Å². The van der Waals surface area contributed by atoms with E-state index in [-0.39, 0.29) is 17.1 Å². The third-order valence-electron chi connectivity index (χ3n) is 5.37. The Morgan fingerprint density at radius 2 is 1.75 bits per heavy atom. The number of ketones is 1. The largest absolute Gasteiger partial charge is 0.358 e. The number of aromatic amines is 1. The number of aryl methyl sites for hydroxylation is 2. The molecule has 0 radical (unpaired) electrons. The molecule has 32 heavy (non-hydrogen) atoms. The number of para-hydroxylation sites is 2. The topological polar surface area (TPSA) is 80.6 Å². The highest BCUT2D eigenvalue weighted by Gasteiger charge is 2.19. The molecule has 158 valence electrons. The monoisotopic (exact) mass is 440 g/mol. The second kappa shape index (κ2) is 8.09. The molecule has 7 heteroatoms. The van der Waals surface area contributed by atoms with E-state index in [2.05, 4.69) is 9.97 Å². The van der Waals surface area contributed by atoms with E-state index in [0.29, 0.717) is 27.4 Å². The van der Waals surface area contributed by atoms with E-state index in [1.807, 2.05) is 56.3 Å². The van der Waals surface area contributed by atoms with Crippen molar-refractivity contribution in [1.29, 1.82) is 0 Å². The van der Waals surface area contributed by atoms with Crippen molar-refractivity contribution in [3.05, 3.63) is 94.0 Å². The van der Waals surface area contributed by atoms with Gasteiger partial charge in [-0.25, -0.2) is 14.5 Å². The number of thioether (sulfide) groups is 1. The minimum Gasteiger partial charge on any atom is -0.358 e. The second-order valence-electron chi connectivity index (χ2n) is 7.63. The molecule has 5 rings (SSSR count). The van der Waals surface area contributed by atoms with Gasteiger partial charge in [0, 0.05) is 28.4 Å². The Balaban J connectivity index is 1.57. The number of carbonyl (C=O) groups is 1. The highest BCUT2D eigenvalue weighted by molar-refractivity contribution is 7.99. The fraction of sp³-hybridized carbons (Fsp3) is 0.120. The summed E-state index contributed by atoms with van der Waals surface area (Å²) in [6.45, 7) is 3.84. The van der Waals surface area contributed by atoms with Gasteiger partial charge in [0.15, 0.2) is 10.9 Å². The summed E-state index contributed by atoms with van der Waals surface area (Å²) in [6.07, 6.45) is 1.71. The van der Waals surface area contributed by atoms with E-state index < -0.39 is 0 Å². The maximum Gasteiger partial charge on any atom is 0.267 e. The van der Waals surface area contributed by atoms with Crippen LogP contribution in [0.25, 0.3) is 27.6 Å². The lowest BCUT2D eigenvalue weighted by Crippen LogP contribution is -2.23. The molecule has 2 aromatic carbocycles. The number of pyridine rings is 1. The molecule has 0 atom stereocenters. The third kappa shape index (κ3) is 3.50. The summed E-state index contributed by atoms with van der Waals surface area (Å²) in [4.78, 5) is 38.9. The molecule has 0 aliphatic carbocycles. The summed E-state index contributed by atoms with van der Waals surface area (Å²) >= 11 is 1.25. The SMILES string of the molecule is Cc1ccc(-n2c(SCC(=O)c3c(C)[nH]c4ccccc34)nc3ccccc3c2=O)nc1. The minimum atomic E-state index is -0.204. The van der Waals surface area contributed by atoms with E-state index in [1.165, 1.54) is 16.3 Å². The zero-order chi connectivity index (χ0) is 22.2. The first-order valence-electron chi connectivity index (χ1n) is 10.2. The van der Waals surface area contributed by atoms with Crippen molar-refractivity contribution < 1.29 is 4.79 Å². The standard InChI is InChI=1S/C25H20N4O2S/c1-15-11-12-22(26-13-15)29-24(31)18-8-4-6-10-20(18)28-25(29)32-14-21(30)23-16(2)27-19-9-5-3-7-17(19)23/h3-13,27H,14H2,1-2H3. The lowest BCUT2D eigenvalue weighted by atomic mass is 10.1. The van der Waals surface area contributed by atoms with Gasteiger partial charge in [0.05, 0.1) is 16.7 Å². The molecule has 3 heterocycles. The summed E-state index contributed by atoms with van der Waals surface area (Å²) in [5.41, 5.74) is 3.83. The molecule has 0 fully saturated rings. The molecular weight excluding hydrogens is 420 g/mol. The normalized spacial score (nSPS) is 11.3. The average molecular weight is 441 g/mol. The molecule has 0 bridgehead atoms. The molecule has 0 saturated carbocycles. The van der Waals surface area contributed by atoms with Crippen molar-refractivity contribution in [2.75, 3.05) is 5.75 Å². The number of rotatable bonds is 5. The molecule has 0 spiro atoms. The Bertz CT molecular complexity index is 1530. The van der Waals surface area contributed by atoms with Crippen LogP contribution >= 0.6 is 11.8 Å². The van der Waals surface area contributed by atoms with E-state index in [1.54, 1.807) is 24.4 Å². The number of carbonyl (C=O) groups excluding carboxylic acids is 1. The molecule has 0 unspecified atom stereocenters. The summed E-state index contributed by atoms with van der Waals surface area (Å²) in [5, 5.41) is 1.86. The molecule has 3 aromatic heterocycles. The third-order valence-corrected chi connectivity index (χ3v) is 6.31. The lowest BCUT2D eigenvalue weighted by molar-refractivity contribution is 0.102. The zero-order valence-corrected chi connectivity index (χ0v) is 18.4. The fourth-order valence-electron chi connectivity index (χ4n) is 3.84. The predicted octanol–water partition coefficient (Wildman–Crippen LogP) is 4.85. The van der Waals surface area contributed by atoms with Crippen LogP contribution in [-0.4, -0.2) is 31.1 Å². The Kier molecular flexibility index (Phi) is 5.11. The molecule has 0 saturated heterocycles. The first kappa shape index (κ1) is 20.2. The van der Waals surface area contributed by atoms with Gasteiger partial charge in [-0.3, -0.25) is 9.59 Å². The summed E-state index contributed by atoms with van der Waals surface area (Å²) in [5.74, 6) is 0.618. The highest BCUT2D eigenvalue weighted by atomic mass is 32.2. The van der Waals surface area contributed by atoms with Crippen LogP contribution in [0.3, 0.4) is 0 Å². The molecule has 6 nitrogen and oxygen atoms in total. The number of nitrogens with one attached hydrogen (secondary N) is 1. The van der Waals surface area contributed by atoms with Crippen LogP contribution in [0.2, 0.25) is 0 Å². The van der Waals surface area contributed by atoms with Crippen LogP contribution in [0.4, 0.5) is 0 Å². The van der Waals surface area contributed by atoms with Gasteiger partial charge in [0.1, 0.15) is 5.82 Å². The summed E-state index contributed by atoms with van der Waals surface area (Å²) in [6, 6.07) is 18.7. The number of fused-ring (bicyclic) bond motifs is 2. The maximum absolute atomic E-state index is 13.3. The van der Waals surface area contributed by atoms with E-state index in [0.717, 1.165) is 22.2 Å². The Hall–Kier alpha value is -3.71. The van der Waals surface area contributed by atoms with Crippen LogP contribution in [-0.2, 0) is 0 Å². The lowest BCUT2D eigenvalue weighted by Gasteiger charge is -2.12. The van der Waals surface area contributed by atoms with Crippen LogP contribution in [0, 0.1) is 13.8 Å². The molecule has 1 N–H and O–H groups in total. The van der Waals surface area contributed by atoms with Crippen molar-refractivity contribution in [1.82, 2.24) is 19.5 Å². The molecule has 5 aromatic rings. The number of hydrogen-bond acceptors (Lipinski definition) is 5. The van der Waals surface area contributed by atoms with Gasteiger partial charge in [0.2, 0.25) is 0 Å². The van der Waals surface area contributed by atoms with Gasteiger partial charge >= 0.3 is 0 Å². The number of H-pyrrole nitrogens is 1. The van der Waals surface area contributed by atoms with Crippen LogP contribution < -0.4 is 5.56 Å². The quantitative estimate of drug-likeness (QED) is 0.240. The number of aromatic nitrogens is 4. The molecule has 0 amide bonds. The summed E-state index contributed by atoms with van der Waals surface area (Å²) < 4.78 is 1.49. The smallest absolute Gasteiger partial charge is 0.267 e. The zero-order valence-electron chi connectivity index (χ0n) is 17.6. The fourth-order valence-corrected chi connectivity index (χ4v) is 4.71. The summed E-state index contributed by atoms with van der Waals surface area (Å²) in [7, 11) is 0. The van der Waals surface area contributed by atoms with Gasteiger partial charge in [0.25, 0.3) is 5.56 Å². The maximum atomic E-state index is 13.3. The van der Waals surface area contributed by atoms with Crippen LogP contribution in [0.1, 0.15) is 21.6 Å². The Labute approximate surface area is 188 Å². The Morgan fingerprint density at radius 1 is 1.00 bits per heavy atom. The number of benzene rings is 2.